The van der Waals surface area contributed by atoms with E-state index in [-0.39, 0.29) is 0 Å². The second kappa shape index (κ2) is 5.15. The highest BCUT2D eigenvalue weighted by Crippen LogP contribution is 2.29. The molecule has 0 heterocycles. The second-order valence-corrected chi connectivity index (χ2v) is 4.40. The first-order chi connectivity index (χ1) is 7.86. The third kappa shape index (κ3) is 2.11. The molecule has 2 nitrogen and oxygen atoms in total. The summed E-state index contributed by atoms with van der Waals surface area (Å²) in [5.74, 6) is 0. The average molecular weight is 217 g/mol. The highest BCUT2D eigenvalue weighted by atomic mass is 16.1. The monoisotopic (exact) mass is 217 g/mol. The number of benzene rings is 1. The van der Waals surface area contributed by atoms with Crippen LogP contribution in [0.4, 0.5) is 5.69 Å². The first kappa shape index (κ1) is 11.2. The van der Waals surface area contributed by atoms with Gasteiger partial charge in [-0.15, -0.1) is 0 Å². The number of hydrogen-bond acceptors (Lipinski definition) is 2. The Hall–Kier alpha value is -1.31. The van der Waals surface area contributed by atoms with Crippen LogP contribution in [0.15, 0.2) is 24.3 Å². The van der Waals surface area contributed by atoms with E-state index < -0.39 is 0 Å². The van der Waals surface area contributed by atoms with Gasteiger partial charge in [-0.3, -0.25) is 4.79 Å². The lowest BCUT2D eigenvalue weighted by Gasteiger charge is -2.30. The van der Waals surface area contributed by atoms with Crippen molar-refractivity contribution in [2.45, 2.75) is 38.6 Å². The van der Waals surface area contributed by atoms with Gasteiger partial charge in [0.2, 0.25) is 0 Å². The molecule has 2 heteroatoms. The Kier molecular flexibility index (Phi) is 3.60. The number of anilines is 1. The van der Waals surface area contributed by atoms with Crippen LogP contribution in [0.1, 0.15) is 43.0 Å². The SMILES string of the molecule is CCN(c1ccccc1C=O)C1CCCC1. The fraction of sp³-hybridized carbons (Fsp3) is 0.500. The van der Waals surface area contributed by atoms with Gasteiger partial charge >= 0.3 is 0 Å². The van der Waals surface area contributed by atoms with Crippen LogP contribution in [-0.4, -0.2) is 18.9 Å². The molecule has 0 N–H and O–H groups in total. The maximum Gasteiger partial charge on any atom is 0.152 e. The number of nitrogens with zero attached hydrogens (tertiary/aromatic N) is 1. The molecular formula is C14H19NO. The molecule has 1 saturated carbocycles. The lowest BCUT2D eigenvalue weighted by atomic mass is 10.1. The molecule has 0 amide bonds. The molecule has 2 rings (SSSR count). The molecule has 1 aliphatic carbocycles. The molecular weight excluding hydrogens is 198 g/mol. The van der Waals surface area contributed by atoms with Crippen LogP contribution >= 0.6 is 0 Å². The van der Waals surface area contributed by atoms with Crippen molar-refractivity contribution in [1.82, 2.24) is 0 Å². The van der Waals surface area contributed by atoms with Gasteiger partial charge < -0.3 is 4.90 Å². The van der Waals surface area contributed by atoms with Crippen molar-refractivity contribution in [2.75, 3.05) is 11.4 Å². The van der Waals surface area contributed by atoms with E-state index in [0.29, 0.717) is 6.04 Å². The van der Waals surface area contributed by atoms with Gasteiger partial charge in [-0.2, -0.15) is 0 Å². The lowest BCUT2D eigenvalue weighted by molar-refractivity contribution is 0.112. The Morgan fingerprint density at radius 3 is 2.62 bits per heavy atom. The summed E-state index contributed by atoms with van der Waals surface area (Å²) in [5, 5.41) is 0. The number of carbonyl (C=O) groups is 1. The molecule has 0 saturated heterocycles. The fourth-order valence-electron chi connectivity index (χ4n) is 2.69. The standard InChI is InChI=1S/C14H19NO/c1-2-15(13-8-4-5-9-13)14-10-6-3-7-12(14)11-16/h3,6-7,10-11,13H,2,4-5,8-9H2,1H3. The Balaban J connectivity index is 2.28. The van der Waals surface area contributed by atoms with Crippen molar-refractivity contribution >= 4 is 12.0 Å². The molecule has 1 aromatic rings. The van der Waals surface area contributed by atoms with Gasteiger partial charge in [0.15, 0.2) is 6.29 Å². The summed E-state index contributed by atoms with van der Waals surface area (Å²) in [5.41, 5.74) is 1.92. The first-order valence-electron chi connectivity index (χ1n) is 6.17. The minimum Gasteiger partial charge on any atom is -0.368 e. The molecule has 86 valence electrons. The van der Waals surface area contributed by atoms with Crippen LogP contribution in [0.2, 0.25) is 0 Å². The van der Waals surface area contributed by atoms with Gasteiger partial charge in [0, 0.05) is 23.8 Å². The Labute approximate surface area is 97.3 Å². The molecule has 1 aromatic carbocycles. The fourth-order valence-corrected chi connectivity index (χ4v) is 2.69. The highest BCUT2D eigenvalue weighted by molar-refractivity contribution is 5.84. The van der Waals surface area contributed by atoms with Crippen LogP contribution < -0.4 is 4.90 Å². The van der Waals surface area contributed by atoms with Crippen molar-refractivity contribution in [2.24, 2.45) is 0 Å². The zero-order chi connectivity index (χ0) is 11.4. The van der Waals surface area contributed by atoms with E-state index in [4.69, 9.17) is 0 Å². The van der Waals surface area contributed by atoms with Gasteiger partial charge in [-0.05, 0) is 31.9 Å². The Bertz CT molecular complexity index is 356. The molecule has 0 unspecified atom stereocenters. The van der Waals surface area contributed by atoms with Gasteiger partial charge in [0.05, 0.1) is 0 Å². The van der Waals surface area contributed by atoms with Crippen molar-refractivity contribution in [3.8, 4) is 0 Å². The smallest absolute Gasteiger partial charge is 0.152 e. The van der Waals surface area contributed by atoms with E-state index >= 15 is 0 Å². The van der Waals surface area contributed by atoms with E-state index in [0.717, 1.165) is 24.1 Å². The summed E-state index contributed by atoms with van der Waals surface area (Å²) in [4.78, 5) is 13.4. The normalized spacial score (nSPS) is 16.3. The van der Waals surface area contributed by atoms with Crippen LogP contribution in [0.5, 0.6) is 0 Å². The van der Waals surface area contributed by atoms with Crippen LogP contribution in [0.3, 0.4) is 0 Å². The zero-order valence-corrected chi connectivity index (χ0v) is 9.86. The largest absolute Gasteiger partial charge is 0.368 e. The predicted octanol–water partition coefficient (Wildman–Crippen LogP) is 3.27. The van der Waals surface area contributed by atoms with E-state index in [1.54, 1.807) is 0 Å². The van der Waals surface area contributed by atoms with Crippen molar-refractivity contribution in [3.63, 3.8) is 0 Å². The van der Waals surface area contributed by atoms with Gasteiger partial charge in [0.1, 0.15) is 0 Å². The van der Waals surface area contributed by atoms with Crippen LogP contribution in [0, 0.1) is 0 Å². The molecule has 16 heavy (non-hydrogen) atoms. The molecule has 0 bridgehead atoms. The molecule has 0 spiro atoms. The number of hydrogen-bond donors (Lipinski definition) is 0. The predicted molar refractivity (Wildman–Crippen MR) is 67.1 cm³/mol. The number of rotatable bonds is 4. The minimum atomic E-state index is 0.631. The van der Waals surface area contributed by atoms with E-state index in [9.17, 15) is 4.79 Å². The molecule has 0 atom stereocenters. The maximum atomic E-state index is 11.0. The van der Waals surface area contributed by atoms with Crippen LogP contribution in [0.25, 0.3) is 0 Å². The van der Waals surface area contributed by atoms with E-state index in [1.807, 2.05) is 18.2 Å². The van der Waals surface area contributed by atoms with Gasteiger partial charge in [-0.25, -0.2) is 0 Å². The Morgan fingerprint density at radius 2 is 2.00 bits per heavy atom. The third-order valence-electron chi connectivity index (χ3n) is 3.48. The zero-order valence-electron chi connectivity index (χ0n) is 9.86. The van der Waals surface area contributed by atoms with Crippen LogP contribution in [-0.2, 0) is 0 Å². The molecule has 0 aromatic heterocycles. The van der Waals surface area contributed by atoms with Crippen molar-refractivity contribution in [1.29, 1.82) is 0 Å². The average Bonchev–Trinajstić information content (AvgIpc) is 2.84. The minimum absolute atomic E-state index is 0.631. The Morgan fingerprint density at radius 1 is 1.31 bits per heavy atom. The highest BCUT2D eigenvalue weighted by Gasteiger charge is 2.22. The molecule has 1 aliphatic rings. The van der Waals surface area contributed by atoms with Crippen molar-refractivity contribution < 1.29 is 4.79 Å². The summed E-state index contributed by atoms with van der Waals surface area (Å²) >= 11 is 0. The number of para-hydroxylation sites is 1. The van der Waals surface area contributed by atoms with Gasteiger partial charge in [-0.1, -0.05) is 25.0 Å². The molecule has 1 fully saturated rings. The summed E-state index contributed by atoms with van der Waals surface area (Å²) in [6.45, 7) is 3.15. The summed E-state index contributed by atoms with van der Waals surface area (Å²) in [7, 11) is 0. The third-order valence-corrected chi connectivity index (χ3v) is 3.48. The van der Waals surface area contributed by atoms with E-state index in [1.165, 1.54) is 25.7 Å². The summed E-state index contributed by atoms with van der Waals surface area (Å²) in [6.07, 6.45) is 6.14. The number of carbonyl (C=O) groups excluding carboxylic acids is 1. The summed E-state index contributed by atoms with van der Waals surface area (Å²) in [6, 6.07) is 8.53. The lowest BCUT2D eigenvalue weighted by Crippen LogP contribution is -2.33. The topological polar surface area (TPSA) is 20.3 Å². The molecule has 0 aliphatic heterocycles. The quantitative estimate of drug-likeness (QED) is 0.721. The molecule has 0 radical (unpaired) electrons. The van der Waals surface area contributed by atoms with Gasteiger partial charge in [0.25, 0.3) is 0 Å². The second-order valence-electron chi connectivity index (χ2n) is 4.40. The number of aldehydes is 1. The first-order valence-corrected chi connectivity index (χ1v) is 6.17. The maximum absolute atomic E-state index is 11.0. The van der Waals surface area contributed by atoms with Crippen molar-refractivity contribution in [3.05, 3.63) is 29.8 Å². The van der Waals surface area contributed by atoms with E-state index in [2.05, 4.69) is 17.9 Å². The summed E-state index contributed by atoms with van der Waals surface area (Å²) < 4.78 is 0.